The van der Waals surface area contributed by atoms with Gasteiger partial charge in [0, 0.05) is 26.2 Å². The SMILES string of the molecule is Cc1nc(-c2onc(C)c2COC(=O)N(C)C2CCCC2)ncc1O[C@H]1CCC[C@H](C(=O)O)C1.Cc1nc(-c2onc(C)c2COC(=O)N(C)C2CCCC2)ncc1O[C@H]1CCC[C@H](C(=O)OC(C)C)C1. The molecule has 0 saturated heterocycles. The number of hydrogen-bond acceptors (Lipinski definition) is 17. The van der Waals surface area contributed by atoms with E-state index in [4.69, 9.17) is 32.7 Å². The third-order valence-electron chi connectivity index (χ3n) is 14.1. The Kier molecular flexibility index (Phi) is 17.9. The average Bonchev–Trinajstić information content (AvgIpc) is 4.21. The first-order valence-corrected chi connectivity index (χ1v) is 25.2. The van der Waals surface area contributed by atoms with Gasteiger partial charge >= 0.3 is 24.1 Å². The number of aliphatic carboxylic acids is 1. The zero-order valence-electron chi connectivity index (χ0n) is 42.4. The van der Waals surface area contributed by atoms with Crippen LogP contribution in [0.15, 0.2) is 21.4 Å². The fraction of sp³-hybridized carbons (Fsp3) is 0.647. The minimum atomic E-state index is -0.778. The van der Waals surface area contributed by atoms with E-state index in [1.807, 2.05) is 20.8 Å². The molecule has 4 aliphatic carbocycles. The van der Waals surface area contributed by atoms with Gasteiger partial charge in [-0.15, -0.1) is 0 Å². The normalized spacial score (nSPS) is 20.5. The van der Waals surface area contributed by atoms with Crippen molar-refractivity contribution in [3.05, 3.63) is 46.3 Å². The van der Waals surface area contributed by atoms with Gasteiger partial charge in [0.1, 0.15) is 13.2 Å². The van der Waals surface area contributed by atoms with Crippen LogP contribution in [0, 0.1) is 39.5 Å². The number of carbonyl (C=O) groups excluding carboxylic acids is 3. The number of carboxylic acid groups (broad SMARTS) is 1. The van der Waals surface area contributed by atoms with Crippen LogP contribution in [0.4, 0.5) is 9.59 Å². The highest BCUT2D eigenvalue weighted by atomic mass is 16.6. The number of aromatic nitrogens is 6. The van der Waals surface area contributed by atoms with Crippen LogP contribution in [0.2, 0.25) is 0 Å². The van der Waals surface area contributed by atoms with Crippen molar-refractivity contribution in [2.24, 2.45) is 11.8 Å². The molecule has 8 rings (SSSR count). The molecule has 71 heavy (non-hydrogen) atoms. The van der Waals surface area contributed by atoms with Crippen LogP contribution in [0.1, 0.15) is 150 Å². The van der Waals surface area contributed by atoms with Crippen LogP contribution < -0.4 is 9.47 Å². The summed E-state index contributed by atoms with van der Waals surface area (Å²) in [5, 5.41) is 17.4. The summed E-state index contributed by atoms with van der Waals surface area (Å²) in [6.45, 7) is 11.0. The Labute approximate surface area is 414 Å². The topological polar surface area (TPSA) is 245 Å². The van der Waals surface area contributed by atoms with Crippen LogP contribution in [0.25, 0.3) is 23.2 Å². The lowest BCUT2D eigenvalue weighted by Gasteiger charge is -2.29. The second kappa shape index (κ2) is 24.2. The molecule has 4 aromatic heterocycles. The molecule has 1 N–H and O–H groups in total. The number of carboxylic acids is 1. The minimum absolute atomic E-state index is 0.0138. The van der Waals surface area contributed by atoms with Gasteiger partial charge in [0.2, 0.25) is 11.5 Å². The van der Waals surface area contributed by atoms with Crippen molar-refractivity contribution in [1.82, 2.24) is 40.0 Å². The van der Waals surface area contributed by atoms with Crippen LogP contribution >= 0.6 is 0 Å². The minimum Gasteiger partial charge on any atom is -0.487 e. The summed E-state index contributed by atoms with van der Waals surface area (Å²) in [4.78, 5) is 70.1. The van der Waals surface area contributed by atoms with Crippen molar-refractivity contribution in [2.75, 3.05) is 14.1 Å². The molecule has 4 fully saturated rings. The quantitative estimate of drug-likeness (QED) is 0.0860. The molecule has 0 unspecified atom stereocenters. The lowest BCUT2D eigenvalue weighted by atomic mass is 9.87. The second-order valence-electron chi connectivity index (χ2n) is 19.7. The fourth-order valence-corrected chi connectivity index (χ4v) is 9.81. The smallest absolute Gasteiger partial charge is 0.410 e. The predicted octanol–water partition coefficient (Wildman–Crippen LogP) is 9.43. The van der Waals surface area contributed by atoms with Gasteiger partial charge in [0.15, 0.2) is 23.1 Å². The van der Waals surface area contributed by atoms with E-state index in [0.717, 1.165) is 83.5 Å². The Morgan fingerprint density at radius 3 is 1.45 bits per heavy atom. The largest absolute Gasteiger partial charge is 0.487 e. The van der Waals surface area contributed by atoms with Gasteiger partial charge in [-0.2, -0.15) is 0 Å². The monoisotopic (exact) mass is 987 g/mol. The first-order valence-electron chi connectivity index (χ1n) is 25.2. The highest BCUT2D eigenvalue weighted by Gasteiger charge is 2.33. The Morgan fingerprint density at radius 2 is 1.04 bits per heavy atom. The van der Waals surface area contributed by atoms with E-state index in [2.05, 4.69) is 30.2 Å². The van der Waals surface area contributed by atoms with Gasteiger partial charge < -0.3 is 47.6 Å². The molecule has 20 heteroatoms. The third-order valence-corrected chi connectivity index (χ3v) is 14.1. The number of esters is 1. The molecule has 0 bridgehead atoms. The van der Waals surface area contributed by atoms with Crippen molar-refractivity contribution in [2.45, 2.75) is 188 Å². The molecule has 4 aliphatic rings. The zero-order chi connectivity index (χ0) is 50.8. The van der Waals surface area contributed by atoms with E-state index >= 15 is 0 Å². The van der Waals surface area contributed by atoms with Gasteiger partial charge in [-0.05, 0) is 119 Å². The van der Waals surface area contributed by atoms with E-state index in [1.54, 1.807) is 57.1 Å². The number of aryl methyl sites for hydroxylation is 4. The molecule has 0 spiro atoms. The number of carbonyl (C=O) groups is 4. The van der Waals surface area contributed by atoms with Gasteiger partial charge in [0.05, 0.1) is 76.4 Å². The molecule has 4 atom stereocenters. The maximum absolute atomic E-state index is 12.6. The van der Waals surface area contributed by atoms with E-state index in [-0.39, 0.29) is 73.6 Å². The number of amides is 2. The van der Waals surface area contributed by atoms with E-state index in [1.165, 1.54) is 0 Å². The number of hydrogen-bond donors (Lipinski definition) is 1. The maximum atomic E-state index is 12.6. The lowest BCUT2D eigenvalue weighted by Crippen LogP contribution is -2.35. The molecule has 4 aromatic rings. The zero-order valence-corrected chi connectivity index (χ0v) is 42.4. The highest BCUT2D eigenvalue weighted by Crippen LogP contribution is 2.34. The van der Waals surface area contributed by atoms with Crippen molar-refractivity contribution < 1.29 is 57.0 Å². The standard InChI is InChI=1S/C27H38N4O6.C24H32N4O6/c1-16(2)35-26(32)19-9-8-12-21(13-19)36-23-14-28-25(29-18(23)4)24-22(17(3)30-37-24)15-34-27(33)31(5)20-10-6-7-11-20;1-14-19(13-32-24(31)28(3)17-8-4-5-9-17)21(34-27-14)22-25-12-20(15(2)26-22)33-18-10-6-7-16(11-18)23(29)30/h14,16,19-21H,6-13,15H2,1-5H3;12,16-18H,4-11,13H2,1-3H3,(H,29,30)/t19-,21-;16-,18-/m00/s1. The maximum Gasteiger partial charge on any atom is 0.410 e. The summed E-state index contributed by atoms with van der Waals surface area (Å²) in [7, 11) is 3.56. The molecule has 4 saturated carbocycles. The Hall–Kier alpha value is -6.34. The fourth-order valence-electron chi connectivity index (χ4n) is 9.81. The summed E-state index contributed by atoms with van der Waals surface area (Å²) in [6, 6.07) is 0.457. The Balaban J connectivity index is 0.000000209. The first-order chi connectivity index (χ1) is 34.1. The Bertz CT molecular complexity index is 2460. The summed E-state index contributed by atoms with van der Waals surface area (Å²) in [6.07, 6.45) is 16.6. The second-order valence-corrected chi connectivity index (χ2v) is 19.7. The molecule has 386 valence electrons. The summed E-state index contributed by atoms with van der Waals surface area (Å²) in [5.74, 6) is 1.01. The molecule has 20 nitrogen and oxygen atoms in total. The summed E-state index contributed by atoms with van der Waals surface area (Å²) in [5.41, 5.74) is 3.75. The van der Waals surface area contributed by atoms with Crippen molar-refractivity contribution >= 4 is 24.1 Å². The van der Waals surface area contributed by atoms with Crippen molar-refractivity contribution in [1.29, 1.82) is 0 Å². The molecule has 0 aromatic carbocycles. The van der Waals surface area contributed by atoms with Crippen molar-refractivity contribution in [3.8, 4) is 34.7 Å². The molecule has 0 aliphatic heterocycles. The van der Waals surface area contributed by atoms with Crippen LogP contribution in [0.3, 0.4) is 0 Å². The van der Waals surface area contributed by atoms with Gasteiger partial charge in [0.25, 0.3) is 0 Å². The molecule has 4 heterocycles. The number of ether oxygens (including phenoxy) is 5. The van der Waals surface area contributed by atoms with Gasteiger partial charge in [-0.1, -0.05) is 36.0 Å². The molecular weight excluding hydrogens is 917 g/mol. The average molecular weight is 987 g/mol. The molecular formula is C51H70N8O12. The van der Waals surface area contributed by atoms with E-state index in [9.17, 15) is 24.3 Å². The summed E-state index contributed by atoms with van der Waals surface area (Å²) >= 11 is 0. The van der Waals surface area contributed by atoms with E-state index < -0.39 is 5.97 Å². The third kappa shape index (κ3) is 13.5. The van der Waals surface area contributed by atoms with Crippen LogP contribution in [-0.4, -0.2) is 114 Å². The Morgan fingerprint density at radius 1 is 0.620 bits per heavy atom. The predicted molar refractivity (Wildman–Crippen MR) is 256 cm³/mol. The number of rotatable bonds is 15. The van der Waals surface area contributed by atoms with Gasteiger partial charge in [-0.25, -0.2) is 29.5 Å². The molecule has 0 radical (unpaired) electrons. The molecule has 2 amide bonds. The number of nitrogens with zero attached hydrogens (tertiary/aromatic N) is 8. The van der Waals surface area contributed by atoms with E-state index in [0.29, 0.717) is 87.8 Å². The lowest BCUT2D eigenvalue weighted by molar-refractivity contribution is -0.154. The van der Waals surface area contributed by atoms with Crippen molar-refractivity contribution in [3.63, 3.8) is 0 Å². The van der Waals surface area contributed by atoms with Gasteiger partial charge in [-0.3, -0.25) is 9.59 Å². The summed E-state index contributed by atoms with van der Waals surface area (Å²) < 4.78 is 39.7. The highest BCUT2D eigenvalue weighted by molar-refractivity contribution is 5.73. The van der Waals surface area contributed by atoms with Crippen LogP contribution in [-0.2, 0) is 37.0 Å². The first kappa shape index (κ1) is 52.5. The van der Waals surface area contributed by atoms with Crippen LogP contribution in [0.5, 0.6) is 11.5 Å².